The summed E-state index contributed by atoms with van der Waals surface area (Å²) in [6.07, 6.45) is 1.85. The van der Waals surface area contributed by atoms with E-state index in [0.717, 1.165) is 24.1 Å². The van der Waals surface area contributed by atoms with Crippen molar-refractivity contribution in [3.05, 3.63) is 65.2 Å². The van der Waals surface area contributed by atoms with E-state index in [1.54, 1.807) is 4.68 Å². The van der Waals surface area contributed by atoms with Crippen LogP contribution < -0.4 is 5.32 Å². The summed E-state index contributed by atoms with van der Waals surface area (Å²) in [6.45, 7) is 6.11. The first-order valence-electron chi connectivity index (χ1n) is 9.35. The van der Waals surface area contributed by atoms with Crippen molar-refractivity contribution in [1.82, 2.24) is 25.5 Å². The van der Waals surface area contributed by atoms with Gasteiger partial charge in [-0.25, -0.2) is 0 Å². The first-order valence-corrected chi connectivity index (χ1v) is 10.3. The molecule has 3 aromatic rings. The molecule has 0 bridgehead atoms. The van der Waals surface area contributed by atoms with Gasteiger partial charge < -0.3 is 5.32 Å². The minimum Gasteiger partial charge on any atom is -0.353 e. The van der Waals surface area contributed by atoms with Crippen molar-refractivity contribution in [1.29, 1.82) is 0 Å². The fraction of sp³-hybridized carbons (Fsp3) is 0.333. The second kappa shape index (κ2) is 9.50. The Bertz CT molecular complexity index is 926. The van der Waals surface area contributed by atoms with Gasteiger partial charge in [0, 0.05) is 6.04 Å². The maximum Gasteiger partial charge on any atom is 0.230 e. The van der Waals surface area contributed by atoms with Gasteiger partial charge in [0.05, 0.1) is 11.4 Å². The number of benzene rings is 2. The molecular formula is C21H25N5OS. The van der Waals surface area contributed by atoms with Gasteiger partial charge in [0.15, 0.2) is 0 Å². The third-order valence-corrected chi connectivity index (χ3v) is 5.39. The zero-order valence-electron chi connectivity index (χ0n) is 16.4. The number of nitrogens with one attached hydrogen (secondary N) is 1. The third-order valence-electron chi connectivity index (χ3n) is 4.47. The van der Waals surface area contributed by atoms with E-state index in [9.17, 15) is 4.79 Å². The zero-order chi connectivity index (χ0) is 19.9. The lowest BCUT2D eigenvalue weighted by Crippen LogP contribution is -2.34. The Morgan fingerprint density at radius 1 is 1.18 bits per heavy atom. The van der Waals surface area contributed by atoms with E-state index in [4.69, 9.17) is 0 Å². The number of hydrogen-bond donors (Lipinski definition) is 1. The molecule has 1 atom stereocenters. The lowest BCUT2D eigenvalue weighted by Gasteiger charge is -2.14. The number of carbonyl (C=O) groups excluding carboxylic acids is 1. The topological polar surface area (TPSA) is 72.7 Å². The smallest absolute Gasteiger partial charge is 0.230 e. The number of aryl methyl sites for hydroxylation is 3. The summed E-state index contributed by atoms with van der Waals surface area (Å²) in [4.78, 5) is 12.3. The predicted molar refractivity (Wildman–Crippen MR) is 112 cm³/mol. The third kappa shape index (κ3) is 5.42. The highest BCUT2D eigenvalue weighted by atomic mass is 32.2. The van der Waals surface area contributed by atoms with Crippen LogP contribution in [-0.4, -0.2) is 37.9 Å². The molecule has 0 aliphatic carbocycles. The monoisotopic (exact) mass is 395 g/mol. The van der Waals surface area contributed by atoms with Crippen molar-refractivity contribution < 1.29 is 4.79 Å². The molecule has 1 N–H and O–H groups in total. The molecule has 3 rings (SSSR count). The molecule has 0 saturated heterocycles. The second-order valence-electron chi connectivity index (χ2n) is 6.94. The van der Waals surface area contributed by atoms with E-state index >= 15 is 0 Å². The number of tetrazole rings is 1. The maximum absolute atomic E-state index is 12.3. The van der Waals surface area contributed by atoms with Crippen LogP contribution in [0.3, 0.4) is 0 Å². The van der Waals surface area contributed by atoms with Crippen molar-refractivity contribution in [2.24, 2.45) is 0 Å². The quantitative estimate of drug-likeness (QED) is 0.591. The first-order chi connectivity index (χ1) is 13.5. The molecule has 6 nitrogen and oxygen atoms in total. The van der Waals surface area contributed by atoms with Crippen LogP contribution in [0.15, 0.2) is 53.7 Å². The lowest BCUT2D eigenvalue weighted by atomic mass is 10.1. The van der Waals surface area contributed by atoms with E-state index < -0.39 is 0 Å². The van der Waals surface area contributed by atoms with Gasteiger partial charge in [0.2, 0.25) is 11.1 Å². The average molecular weight is 396 g/mol. The zero-order valence-corrected chi connectivity index (χ0v) is 17.2. The number of rotatable bonds is 8. The molecule has 0 aliphatic heterocycles. The maximum atomic E-state index is 12.3. The van der Waals surface area contributed by atoms with Crippen LogP contribution in [-0.2, 0) is 11.2 Å². The standard InChI is InChI=1S/C21H25N5OS/c1-15-9-12-19(16(2)13-15)26-21(23-24-25-26)28-14-20(27)22-17(3)10-11-18-7-5-4-6-8-18/h4-9,12-13,17H,10-11,14H2,1-3H3,(H,22,27). The lowest BCUT2D eigenvalue weighted by molar-refractivity contribution is -0.119. The molecule has 0 spiro atoms. The Morgan fingerprint density at radius 2 is 1.96 bits per heavy atom. The second-order valence-corrected chi connectivity index (χ2v) is 7.89. The van der Waals surface area contributed by atoms with Crippen molar-refractivity contribution in [2.75, 3.05) is 5.75 Å². The number of amides is 1. The SMILES string of the molecule is Cc1ccc(-n2nnnc2SCC(=O)NC(C)CCc2ccccc2)c(C)c1. The highest BCUT2D eigenvalue weighted by Gasteiger charge is 2.14. The van der Waals surface area contributed by atoms with Gasteiger partial charge in [-0.2, -0.15) is 4.68 Å². The molecule has 0 radical (unpaired) electrons. The Labute approximate surface area is 169 Å². The van der Waals surface area contributed by atoms with E-state index in [2.05, 4.69) is 46.0 Å². The minimum absolute atomic E-state index is 0.0132. The summed E-state index contributed by atoms with van der Waals surface area (Å²) in [6, 6.07) is 16.5. The number of nitrogens with zero attached hydrogens (tertiary/aromatic N) is 4. The van der Waals surface area contributed by atoms with Crippen molar-refractivity contribution in [3.8, 4) is 5.69 Å². The Balaban J connectivity index is 1.52. The number of thioether (sulfide) groups is 1. The van der Waals surface area contributed by atoms with Crippen LogP contribution >= 0.6 is 11.8 Å². The van der Waals surface area contributed by atoms with Crippen molar-refractivity contribution in [3.63, 3.8) is 0 Å². The van der Waals surface area contributed by atoms with Crippen LogP contribution in [0.2, 0.25) is 0 Å². The van der Waals surface area contributed by atoms with Crippen LogP contribution in [0.4, 0.5) is 0 Å². The molecule has 1 unspecified atom stereocenters. The highest BCUT2D eigenvalue weighted by Crippen LogP contribution is 2.21. The van der Waals surface area contributed by atoms with Crippen LogP contribution in [0.25, 0.3) is 5.69 Å². The summed E-state index contributed by atoms with van der Waals surface area (Å²) in [5.41, 5.74) is 4.49. The van der Waals surface area contributed by atoms with E-state index in [1.165, 1.54) is 22.9 Å². The number of aromatic nitrogens is 4. The molecule has 146 valence electrons. The summed E-state index contributed by atoms with van der Waals surface area (Å²) in [5.74, 6) is 0.266. The van der Waals surface area contributed by atoms with Gasteiger partial charge in [0.25, 0.3) is 0 Å². The molecule has 1 heterocycles. The van der Waals surface area contributed by atoms with Crippen molar-refractivity contribution >= 4 is 17.7 Å². The van der Waals surface area contributed by atoms with Gasteiger partial charge in [-0.15, -0.1) is 5.10 Å². The van der Waals surface area contributed by atoms with Crippen LogP contribution in [0, 0.1) is 13.8 Å². The van der Waals surface area contributed by atoms with Gasteiger partial charge in [0.1, 0.15) is 0 Å². The Hall–Kier alpha value is -2.67. The van der Waals surface area contributed by atoms with Gasteiger partial charge in [-0.05, 0) is 61.2 Å². The predicted octanol–water partition coefficient (Wildman–Crippen LogP) is 3.51. The summed E-state index contributed by atoms with van der Waals surface area (Å²) in [7, 11) is 0. The molecule has 2 aromatic carbocycles. The number of carbonyl (C=O) groups is 1. The van der Waals surface area contributed by atoms with Crippen LogP contribution in [0.1, 0.15) is 30.0 Å². The molecule has 28 heavy (non-hydrogen) atoms. The summed E-state index contributed by atoms with van der Waals surface area (Å²) >= 11 is 1.34. The van der Waals surface area contributed by atoms with Crippen LogP contribution in [0.5, 0.6) is 0 Å². The molecule has 0 aliphatic rings. The van der Waals surface area contributed by atoms with E-state index in [0.29, 0.717) is 5.16 Å². The van der Waals surface area contributed by atoms with Gasteiger partial charge in [-0.1, -0.05) is 59.8 Å². The molecule has 7 heteroatoms. The minimum atomic E-state index is -0.0132. The Kier molecular flexibility index (Phi) is 6.81. The molecule has 1 aromatic heterocycles. The fourth-order valence-corrected chi connectivity index (χ4v) is 3.70. The highest BCUT2D eigenvalue weighted by molar-refractivity contribution is 7.99. The molecular weight excluding hydrogens is 370 g/mol. The molecule has 0 saturated carbocycles. The molecule has 1 amide bonds. The fourth-order valence-electron chi connectivity index (χ4n) is 3.01. The average Bonchev–Trinajstić information content (AvgIpc) is 3.14. The summed E-state index contributed by atoms with van der Waals surface area (Å²) < 4.78 is 1.69. The van der Waals surface area contributed by atoms with E-state index in [1.807, 2.05) is 44.2 Å². The Morgan fingerprint density at radius 3 is 2.71 bits per heavy atom. The largest absolute Gasteiger partial charge is 0.353 e. The van der Waals surface area contributed by atoms with Gasteiger partial charge in [-0.3, -0.25) is 4.79 Å². The first kappa shape index (κ1) is 20.1. The van der Waals surface area contributed by atoms with Crippen molar-refractivity contribution in [2.45, 2.75) is 44.8 Å². The molecule has 0 fully saturated rings. The summed E-state index contributed by atoms with van der Waals surface area (Å²) in [5, 5.41) is 15.6. The van der Waals surface area contributed by atoms with Gasteiger partial charge >= 0.3 is 0 Å². The van der Waals surface area contributed by atoms with E-state index in [-0.39, 0.29) is 17.7 Å². The number of hydrogen-bond acceptors (Lipinski definition) is 5. The normalized spacial score (nSPS) is 12.0.